The summed E-state index contributed by atoms with van der Waals surface area (Å²) in [6.45, 7) is 8.22. The molecule has 0 radical (unpaired) electrons. The zero-order chi connectivity index (χ0) is 19.9. The van der Waals surface area contributed by atoms with Gasteiger partial charge in [0, 0.05) is 45.6 Å². The molecule has 1 aliphatic heterocycles. The molecule has 2 rings (SSSR count). The van der Waals surface area contributed by atoms with Gasteiger partial charge in [-0.05, 0) is 43.9 Å². The predicted octanol–water partition coefficient (Wildman–Crippen LogP) is 2.39. The summed E-state index contributed by atoms with van der Waals surface area (Å²) in [7, 11) is 1.71. The third-order valence-corrected chi connectivity index (χ3v) is 4.44. The molecule has 0 saturated carbocycles. The van der Waals surface area contributed by atoms with E-state index >= 15 is 0 Å². The fourth-order valence-corrected chi connectivity index (χ4v) is 2.91. The van der Waals surface area contributed by atoms with Gasteiger partial charge in [-0.15, -0.1) is 0 Å². The van der Waals surface area contributed by atoms with Crippen molar-refractivity contribution in [3.63, 3.8) is 0 Å². The minimum Gasteiger partial charge on any atom is -0.383 e. The lowest BCUT2D eigenvalue weighted by Crippen LogP contribution is -2.38. The van der Waals surface area contributed by atoms with Crippen molar-refractivity contribution in [2.24, 2.45) is 4.99 Å². The van der Waals surface area contributed by atoms with E-state index in [9.17, 15) is 0 Å². The van der Waals surface area contributed by atoms with Crippen molar-refractivity contribution in [1.29, 1.82) is 0 Å². The van der Waals surface area contributed by atoms with Crippen LogP contribution in [0.25, 0.3) is 0 Å². The van der Waals surface area contributed by atoms with Crippen LogP contribution in [0.5, 0.6) is 0 Å². The molecule has 0 bridgehead atoms. The van der Waals surface area contributed by atoms with Crippen LogP contribution in [0.1, 0.15) is 31.7 Å². The van der Waals surface area contributed by atoms with Crippen molar-refractivity contribution in [3.8, 4) is 0 Å². The van der Waals surface area contributed by atoms with E-state index in [4.69, 9.17) is 14.2 Å². The minimum absolute atomic E-state index is 0.299. The second-order valence-electron chi connectivity index (χ2n) is 6.80. The van der Waals surface area contributed by atoms with Gasteiger partial charge in [0.25, 0.3) is 0 Å². The van der Waals surface area contributed by atoms with Crippen molar-refractivity contribution in [3.05, 3.63) is 29.8 Å². The smallest absolute Gasteiger partial charge is 0.191 e. The maximum atomic E-state index is 5.70. The number of guanidine groups is 1. The summed E-state index contributed by atoms with van der Waals surface area (Å²) in [5.74, 6) is 0.837. The molecule has 0 aromatic heterocycles. The normalized spacial score (nSPS) is 16.9. The molecule has 0 aliphatic carbocycles. The Kier molecular flexibility index (Phi) is 11.4. The molecule has 1 heterocycles. The summed E-state index contributed by atoms with van der Waals surface area (Å²) in [5.41, 5.74) is 2.27. The van der Waals surface area contributed by atoms with Crippen LogP contribution >= 0.6 is 0 Å². The van der Waals surface area contributed by atoms with Crippen molar-refractivity contribution in [1.82, 2.24) is 10.6 Å². The van der Waals surface area contributed by atoms with Gasteiger partial charge in [0.05, 0.1) is 25.9 Å². The third-order valence-electron chi connectivity index (χ3n) is 4.44. The van der Waals surface area contributed by atoms with E-state index in [2.05, 4.69) is 52.1 Å². The first kappa shape index (κ1) is 22.5. The number of hydrogen-bond donors (Lipinski definition) is 3. The Labute approximate surface area is 169 Å². The van der Waals surface area contributed by atoms with Crippen LogP contribution in [-0.4, -0.2) is 65.2 Å². The number of nitrogens with one attached hydrogen (secondary N) is 3. The average Bonchev–Trinajstić information content (AvgIpc) is 3.23. The lowest BCUT2D eigenvalue weighted by Gasteiger charge is -2.13. The van der Waals surface area contributed by atoms with Crippen LogP contribution < -0.4 is 16.0 Å². The number of hydrogen-bond acceptors (Lipinski definition) is 5. The van der Waals surface area contributed by atoms with Crippen molar-refractivity contribution in [2.75, 3.05) is 58.5 Å². The number of anilines is 1. The number of ether oxygens (including phenoxy) is 3. The lowest BCUT2D eigenvalue weighted by molar-refractivity contribution is 0.0168. The van der Waals surface area contributed by atoms with Crippen LogP contribution in [0.2, 0.25) is 0 Å². The van der Waals surface area contributed by atoms with Crippen LogP contribution in [0.3, 0.4) is 0 Å². The Hall–Kier alpha value is -1.83. The zero-order valence-corrected chi connectivity index (χ0v) is 17.3. The Morgan fingerprint density at radius 2 is 2.04 bits per heavy atom. The van der Waals surface area contributed by atoms with Gasteiger partial charge in [0.2, 0.25) is 0 Å². The fourth-order valence-electron chi connectivity index (χ4n) is 2.91. The molecule has 1 aromatic carbocycles. The van der Waals surface area contributed by atoms with Crippen molar-refractivity contribution < 1.29 is 14.2 Å². The number of nitrogens with zero attached hydrogens (tertiary/aromatic N) is 1. The quantitative estimate of drug-likeness (QED) is 0.272. The Balaban J connectivity index is 1.64. The van der Waals surface area contributed by atoms with E-state index in [1.807, 2.05) is 0 Å². The molecule has 28 heavy (non-hydrogen) atoms. The average molecular weight is 393 g/mol. The first-order chi connectivity index (χ1) is 13.8. The number of benzene rings is 1. The van der Waals surface area contributed by atoms with Crippen LogP contribution in [0.15, 0.2) is 29.3 Å². The van der Waals surface area contributed by atoms with Gasteiger partial charge in [0.15, 0.2) is 5.96 Å². The Morgan fingerprint density at radius 3 is 2.75 bits per heavy atom. The highest BCUT2D eigenvalue weighted by atomic mass is 16.5. The van der Waals surface area contributed by atoms with Crippen molar-refractivity contribution in [2.45, 2.75) is 38.8 Å². The molecule has 1 atom stereocenters. The molecule has 7 nitrogen and oxygen atoms in total. The molecule has 0 amide bonds. The highest BCUT2D eigenvalue weighted by molar-refractivity contribution is 5.79. The molecular weight excluding hydrogens is 356 g/mol. The maximum Gasteiger partial charge on any atom is 0.191 e. The van der Waals surface area contributed by atoms with Crippen molar-refractivity contribution >= 4 is 11.6 Å². The Morgan fingerprint density at radius 1 is 1.18 bits per heavy atom. The predicted molar refractivity (Wildman–Crippen MR) is 114 cm³/mol. The molecule has 1 aliphatic rings. The molecule has 1 aromatic rings. The van der Waals surface area contributed by atoms with Gasteiger partial charge in [-0.1, -0.05) is 12.1 Å². The van der Waals surface area contributed by atoms with Gasteiger partial charge < -0.3 is 30.2 Å². The topological polar surface area (TPSA) is 76.1 Å². The van der Waals surface area contributed by atoms with Gasteiger partial charge in [-0.25, -0.2) is 4.99 Å². The standard InChI is InChI=1S/C21H36N4O3/c1-3-22-21(24-11-5-13-27-17-20-6-4-14-28-20)25-16-18-7-9-19(10-8-18)23-12-15-26-2/h7-10,20,23H,3-6,11-17H2,1-2H3,(H2,22,24,25). The van der Waals surface area contributed by atoms with Crippen LogP contribution in [-0.2, 0) is 20.8 Å². The number of aliphatic imine (C=N–C) groups is 1. The molecule has 3 N–H and O–H groups in total. The monoisotopic (exact) mass is 392 g/mol. The summed E-state index contributed by atoms with van der Waals surface area (Å²) in [4.78, 5) is 4.66. The second kappa shape index (κ2) is 14.2. The first-order valence-electron chi connectivity index (χ1n) is 10.3. The summed E-state index contributed by atoms with van der Waals surface area (Å²) in [5, 5.41) is 9.97. The van der Waals surface area contributed by atoms with Gasteiger partial charge in [-0.2, -0.15) is 0 Å². The van der Waals surface area contributed by atoms with Gasteiger partial charge in [0.1, 0.15) is 0 Å². The lowest BCUT2D eigenvalue weighted by atomic mass is 10.2. The van der Waals surface area contributed by atoms with Crippen LogP contribution in [0.4, 0.5) is 5.69 Å². The number of rotatable bonds is 13. The molecule has 0 spiro atoms. The molecular formula is C21H36N4O3. The fraction of sp³-hybridized carbons (Fsp3) is 0.667. The van der Waals surface area contributed by atoms with E-state index < -0.39 is 0 Å². The van der Waals surface area contributed by atoms with E-state index in [0.717, 1.165) is 63.8 Å². The Bertz CT molecular complexity index is 545. The van der Waals surface area contributed by atoms with E-state index in [0.29, 0.717) is 25.9 Å². The van der Waals surface area contributed by atoms with Gasteiger partial charge in [-0.3, -0.25) is 0 Å². The van der Waals surface area contributed by atoms with Crippen LogP contribution in [0, 0.1) is 0 Å². The number of methoxy groups -OCH3 is 1. The summed E-state index contributed by atoms with van der Waals surface area (Å²) < 4.78 is 16.3. The summed E-state index contributed by atoms with van der Waals surface area (Å²) in [6, 6.07) is 8.35. The first-order valence-corrected chi connectivity index (χ1v) is 10.3. The maximum absolute atomic E-state index is 5.70. The van der Waals surface area contributed by atoms with E-state index in [1.54, 1.807) is 7.11 Å². The van der Waals surface area contributed by atoms with Gasteiger partial charge >= 0.3 is 0 Å². The zero-order valence-electron chi connectivity index (χ0n) is 17.3. The SMILES string of the molecule is CCNC(=NCc1ccc(NCCOC)cc1)NCCCOCC1CCCO1. The summed E-state index contributed by atoms with van der Waals surface area (Å²) >= 11 is 0. The molecule has 158 valence electrons. The largest absolute Gasteiger partial charge is 0.383 e. The van der Waals surface area contributed by atoms with E-state index in [1.165, 1.54) is 5.56 Å². The summed E-state index contributed by atoms with van der Waals surface area (Å²) in [6.07, 6.45) is 3.53. The molecule has 7 heteroatoms. The third kappa shape index (κ3) is 9.39. The highest BCUT2D eigenvalue weighted by Crippen LogP contribution is 2.12. The minimum atomic E-state index is 0.299. The highest BCUT2D eigenvalue weighted by Gasteiger charge is 2.14. The molecule has 1 fully saturated rings. The van der Waals surface area contributed by atoms with E-state index in [-0.39, 0.29) is 0 Å². The second-order valence-corrected chi connectivity index (χ2v) is 6.80. The molecule has 1 saturated heterocycles. The molecule has 1 unspecified atom stereocenters.